The van der Waals surface area contributed by atoms with Crippen molar-refractivity contribution in [3.8, 4) is 0 Å². The first kappa shape index (κ1) is 6.03. The lowest BCUT2D eigenvalue weighted by Gasteiger charge is -1.86. The van der Waals surface area contributed by atoms with Crippen molar-refractivity contribution in [1.29, 1.82) is 0 Å². The number of hydrogen-bond donors (Lipinski definition) is 1. The van der Waals surface area contributed by atoms with Gasteiger partial charge in [0.2, 0.25) is 0 Å². The standard InChI is InChI=1S/C7H5NO3/c9-7-5-3-1-2-4-6(5)8(10)11-7/h1-4,10H. The number of hydrogen-bond acceptors (Lipinski definition) is 3. The Morgan fingerprint density at radius 2 is 2.09 bits per heavy atom. The van der Waals surface area contributed by atoms with E-state index in [2.05, 4.69) is 4.52 Å². The first-order valence-corrected chi connectivity index (χ1v) is 3.09. The monoisotopic (exact) mass is 151 g/mol. The molecule has 4 nitrogen and oxygen atoms in total. The predicted octanol–water partition coefficient (Wildman–Crippen LogP) is 0.832. The van der Waals surface area contributed by atoms with E-state index in [1.165, 1.54) is 0 Å². The van der Waals surface area contributed by atoms with Crippen LogP contribution in [0.3, 0.4) is 0 Å². The normalized spacial score (nSPS) is 10.5. The summed E-state index contributed by atoms with van der Waals surface area (Å²) in [5.41, 5.74) is -0.138. The van der Waals surface area contributed by atoms with Crippen molar-refractivity contribution < 1.29 is 9.73 Å². The quantitative estimate of drug-likeness (QED) is 0.567. The molecular weight excluding hydrogens is 146 g/mol. The van der Waals surface area contributed by atoms with Gasteiger partial charge in [-0.3, -0.25) is 0 Å². The molecule has 0 fully saturated rings. The maximum atomic E-state index is 10.9. The molecule has 0 aliphatic rings. The van der Waals surface area contributed by atoms with Crippen molar-refractivity contribution in [2.45, 2.75) is 0 Å². The Labute approximate surface area is 61.2 Å². The molecule has 2 aromatic rings. The maximum absolute atomic E-state index is 10.9. The molecule has 1 heterocycles. The van der Waals surface area contributed by atoms with Crippen molar-refractivity contribution >= 4 is 10.9 Å². The molecule has 0 amide bonds. The van der Waals surface area contributed by atoms with Crippen LogP contribution in [0.2, 0.25) is 0 Å². The maximum Gasteiger partial charge on any atom is 0.369 e. The van der Waals surface area contributed by atoms with Crippen LogP contribution in [0.15, 0.2) is 33.6 Å². The summed E-state index contributed by atoms with van der Waals surface area (Å²) in [5, 5.41) is 9.33. The van der Waals surface area contributed by atoms with E-state index in [0.717, 1.165) is 0 Å². The van der Waals surface area contributed by atoms with Gasteiger partial charge in [0.1, 0.15) is 5.52 Å². The van der Waals surface area contributed by atoms with E-state index in [1.54, 1.807) is 24.3 Å². The molecule has 2 rings (SSSR count). The number of benzene rings is 1. The van der Waals surface area contributed by atoms with Crippen LogP contribution in [0.25, 0.3) is 10.9 Å². The zero-order valence-electron chi connectivity index (χ0n) is 5.52. The van der Waals surface area contributed by atoms with Gasteiger partial charge < -0.3 is 9.73 Å². The molecule has 0 bridgehead atoms. The summed E-state index contributed by atoms with van der Waals surface area (Å²) < 4.78 is 4.38. The lowest BCUT2D eigenvalue weighted by Crippen LogP contribution is -1.91. The number of para-hydroxylation sites is 1. The zero-order chi connectivity index (χ0) is 7.84. The average molecular weight is 151 g/mol. The minimum atomic E-state index is -0.525. The predicted molar refractivity (Wildman–Crippen MR) is 37.7 cm³/mol. The first-order valence-electron chi connectivity index (χ1n) is 3.09. The van der Waals surface area contributed by atoms with E-state index in [9.17, 15) is 4.79 Å². The fraction of sp³-hybridized carbons (Fsp3) is 0. The van der Waals surface area contributed by atoms with Gasteiger partial charge in [-0.15, -0.1) is 0 Å². The van der Waals surface area contributed by atoms with Crippen molar-refractivity contribution in [2.24, 2.45) is 0 Å². The van der Waals surface area contributed by atoms with Gasteiger partial charge in [-0.05, 0) is 17.0 Å². The van der Waals surface area contributed by atoms with Crippen LogP contribution in [0.1, 0.15) is 0 Å². The summed E-state index contributed by atoms with van der Waals surface area (Å²) in [4.78, 5) is 11.3. The number of nitrogens with zero attached hydrogens (tertiary/aromatic N) is 1. The van der Waals surface area contributed by atoms with Crippen molar-refractivity contribution in [3.05, 3.63) is 34.7 Å². The van der Waals surface area contributed by atoms with E-state index < -0.39 is 5.63 Å². The molecule has 11 heavy (non-hydrogen) atoms. The number of aromatic nitrogens is 1. The Morgan fingerprint density at radius 3 is 2.82 bits per heavy atom. The largest absolute Gasteiger partial charge is 0.400 e. The smallest absolute Gasteiger partial charge is 0.369 e. The van der Waals surface area contributed by atoms with E-state index in [1.807, 2.05) is 0 Å². The Morgan fingerprint density at radius 1 is 1.36 bits per heavy atom. The van der Waals surface area contributed by atoms with Gasteiger partial charge >= 0.3 is 5.63 Å². The lowest BCUT2D eigenvalue weighted by atomic mass is 10.3. The van der Waals surface area contributed by atoms with Crippen LogP contribution in [0, 0.1) is 0 Å². The summed E-state index contributed by atoms with van der Waals surface area (Å²) >= 11 is 0. The number of rotatable bonds is 0. The van der Waals surface area contributed by atoms with Crippen LogP contribution in [0.5, 0.6) is 0 Å². The fourth-order valence-electron chi connectivity index (χ4n) is 0.990. The van der Waals surface area contributed by atoms with E-state index in [4.69, 9.17) is 5.21 Å². The summed E-state index contributed by atoms with van der Waals surface area (Å²) in [6, 6.07) is 6.61. The van der Waals surface area contributed by atoms with E-state index >= 15 is 0 Å². The Balaban J connectivity index is 3.07. The molecule has 0 radical (unpaired) electrons. The van der Waals surface area contributed by atoms with Gasteiger partial charge in [-0.2, -0.15) is 0 Å². The SMILES string of the molecule is O=c1on(O)c2ccccc12. The molecule has 0 saturated heterocycles. The lowest BCUT2D eigenvalue weighted by molar-refractivity contribution is 0.0142. The van der Waals surface area contributed by atoms with Crippen LogP contribution in [-0.4, -0.2) is 10.1 Å². The summed E-state index contributed by atoms with van der Waals surface area (Å²) in [6.45, 7) is 0. The molecule has 0 saturated carbocycles. The highest BCUT2D eigenvalue weighted by Gasteiger charge is 2.04. The molecule has 0 spiro atoms. The molecule has 1 aromatic carbocycles. The van der Waals surface area contributed by atoms with Crippen LogP contribution in [-0.2, 0) is 0 Å². The topological polar surface area (TPSA) is 55.4 Å². The third kappa shape index (κ3) is 0.724. The minimum Gasteiger partial charge on any atom is -0.400 e. The van der Waals surface area contributed by atoms with Gasteiger partial charge in [-0.1, -0.05) is 12.1 Å². The second-order valence-electron chi connectivity index (χ2n) is 2.17. The Hall–Kier alpha value is -1.71. The fourth-order valence-corrected chi connectivity index (χ4v) is 0.990. The molecule has 0 aliphatic carbocycles. The van der Waals surface area contributed by atoms with Gasteiger partial charge in [0.25, 0.3) is 0 Å². The van der Waals surface area contributed by atoms with Crippen molar-refractivity contribution in [2.75, 3.05) is 0 Å². The third-order valence-electron chi connectivity index (χ3n) is 1.50. The average Bonchev–Trinajstić information content (AvgIpc) is 2.30. The zero-order valence-corrected chi connectivity index (χ0v) is 5.52. The molecule has 1 aromatic heterocycles. The van der Waals surface area contributed by atoms with E-state index in [0.29, 0.717) is 15.8 Å². The molecule has 0 atom stereocenters. The number of fused-ring (bicyclic) bond motifs is 1. The van der Waals surface area contributed by atoms with Crippen LogP contribution in [0.4, 0.5) is 0 Å². The molecule has 0 aliphatic heterocycles. The molecule has 1 N–H and O–H groups in total. The summed E-state index contributed by atoms with van der Waals surface area (Å²) in [6.07, 6.45) is 0. The summed E-state index contributed by atoms with van der Waals surface area (Å²) in [7, 11) is 0. The second kappa shape index (κ2) is 1.88. The van der Waals surface area contributed by atoms with Gasteiger partial charge in [-0.25, -0.2) is 4.79 Å². The highest BCUT2D eigenvalue weighted by molar-refractivity contribution is 5.76. The van der Waals surface area contributed by atoms with Crippen LogP contribution >= 0.6 is 0 Å². The third-order valence-corrected chi connectivity index (χ3v) is 1.50. The Bertz CT molecular complexity index is 440. The van der Waals surface area contributed by atoms with Gasteiger partial charge in [0.15, 0.2) is 0 Å². The molecule has 56 valence electrons. The van der Waals surface area contributed by atoms with E-state index in [-0.39, 0.29) is 0 Å². The molecule has 4 heteroatoms. The van der Waals surface area contributed by atoms with Crippen molar-refractivity contribution in [1.82, 2.24) is 4.90 Å². The van der Waals surface area contributed by atoms with Gasteiger partial charge in [0.05, 0.1) is 5.39 Å². The second-order valence-corrected chi connectivity index (χ2v) is 2.17. The summed E-state index contributed by atoms with van der Waals surface area (Å²) in [5.74, 6) is 0. The molecule has 0 unspecified atom stereocenters. The minimum absolute atomic E-state index is 0.384. The highest BCUT2D eigenvalue weighted by Crippen LogP contribution is 2.07. The first-order chi connectivity index (χ1) is 5.29. The van der Waals surface area contributed by atoms with Gasteiger partial charge in [0, 0.05) is 0 Å². The van der Waals surface area contributed by atoms with Crippen LogP contribution < -0.4 is 5.63 Å². The Kier molecular flexibility index (Phi) is 1.03. The highest BCUT2D eigenvalue weighted by atomic mass is 16.7. The molecular formula is C7H5NO3. The van der Waals surface area contributed by atoms with Crippen molar-refractivity contribution in [3.63, 3.8) is 0 Å².